The highest BCUT2D eigenvalue weighted by Gasteiger charge is 2.45. The van der Waals surface area contributed by atoms with E-state index < -0.39 is 17.7 Å². The summed E-state index contributed by atoms with van der Waals surface area (Å²) >= 11 is 1.26. The average molecular weight is 448 g/mol. The molecule has 0 saturated heterocycles. The average Bonchev–Trinajstić information content (AvgIpc) is 3.42. The van der Waals surface area contributed by atoms with Gasteiger partial charge in [0.05, 0.1) is 30.0 Å². The monoisotopic (exact) mass is 447 g/mol. The van der Waals surface area contributed by atoms with E-state index in [2.05, 4.69) is 0 Å². The maximum Gasteiger partial charge on any atom is 0.309 e. The number of anilines is 1. The zero-order valence-electron chi connectivity index (χ0n) is 17.6. The quantitative estimate of drug-likeness (QED) is 0.443. The van der Waals surface area contributed by atoms with Crippen LogP contribution in [0.3, 0.4) is 0 Å². The van der Waals surface area contributed by atoms with Gasteiger partial charge in [0.1, 0.15) is 0 Å². The molecule has 0 fully saturated rings. The molecule has 0 aliphatic carbocycles. The summed E-state index contributed by atoms with van der Waals surface area (Å²) in [6, 6.07) is 17.0. The van der Waals surface area contributed by atoms with Crippen LogP contribution in [0.2, 0.25) is 0 Å². The molecule has 0 bridgehead atoms. The second-order valence-electron chi connectivity index (χ2n) is 7.42. The highest BCUT2D eigenvalue weighted by molar-refractivity contribution is 7.12. The van der Waals surface area contributed by atoms with E-state index in [0.717, 1.165) is 16.7 Å². The summed E-state index contributed by atoms with van der Waals surface area (Å²) in [5.74, 6) is -1.92. The molecule has 1 amide bonds. The Morgan fingerprint density at radius 2 is 1.78 bits per heavy atom. The Morgan fingerprint density at radius 1 is 1.06 bits per heavy atom. The molecule has 1 aromatic heterocycles. The predicted octanol–water partition coefficient (Wildman–Crippen LogP) is 4.55. The molecule has 1 unspecified atom stereocenters. The lowest BCUT2D eigenvalue weighted by Gasteiger charge is -2.28. The first-order valence-corrected chi connectivity index (χ1v) is 10.9. The first-order valence-electron chi connectivity index (χ1n) is 9.98. The number of thiophene rings is 1. The summed E-state index contributed by atoms with van der Waals surface area (Å²) in [6.07, 6.45) is 0.109. The first kappa shape index (κ1) is 21.5. The molecule has 1 aliphatic heterocycles. The van der Waals surface area contributed by atoms with E-state index in [4.69, 9.17) is 4.74 Å². The van der Waals surface area contributed by atoms with Crippen molar-refractivity contribution in [2.75, 3.05) is 12.0 Å². The van der Waals surface area contributed by atoms with Gasteiger partial charge in [-0.05, 0) is 47.2 Å². The van der Waals surface area contributed by atoms with Crippen LogP contribution >= 0.6 is 11.3 Å². The minimum absolute atomic E-state index is 0.0605. The molecule has 7 heteroatoms. The third kappa shape index (κ3) is 3.83. The van der Waals surface area contributed by atoms with E-state index in [1.807, 2.05) is 31.2 Å². The van der Waals surface area contributed by atoms with Crippen LogP contribution in [-0.2, 0) is 20.7 Å². The fourth-order valence-electron chi connectivity index (χ4n) is 3.85. The van der Waals surface area contributed by atoms with Crippen LogP contribution in [0, 0.1) is 6.92 Å². The summed E-state index contributed by atoms with van der Waals surface area (Å²) in [6.45, 7) is 1.90. The minimum Gasteiger partial charge on any atom is -0.503 e. The van der Waals surface area contributed by atoms with Crippen molar-refractivity contribution in [1.82, 2.24) is 0 Å². The summed E-state index contributed by atoms with van der Waals surface area (Å²) in [5, 5.41) is 12.6. The van der Waals surface area contributed by atoms with Gasteiger partial charge >= 0.3 is 5.97 Å². The fourth-order valence-corrected chi connectivity index (χ4v) is 4.52. The van der Waals surface area contributed by atoms with E-state index in [-0.39, 0.29) is 23.7 Å². The lowest BCUT2D eigenvalue weighted by atomic mass is 9.92. The van der Waals surface area contributed by atoms with Crippen molar-refractivity contribution >= 4 is 34.7 Å². The second kappa shape index (κ2) is 8.80. The number of amides is 1. The van der Waals surface area contributed by atoms with Crippen LogP contribution in [0.4, 0.5) is 5.69 Å². The molecule has 162 valence electrons. The third-order valence-corrected chi connectivity index (χ3v) is 6.34. The van der Waals surface area contributed by atoms with E-state index in [9.17, 15) is 19.5 Å². The number of carbonyl (C=O) groups is 3. The highest BCUT2D eigenvalue weighted by Crippen LogP contribution is 2.43. The largest absolute Gasteiger partial charge is 0.503 e. The normalized spacial score (nSPS) is 15.9. The van der Waals surface area contributed by atoms with Crippen molar-refractivity contribution in [3.8, 4) is 0 Å². The Labute approximate surface area is 189 Å². The van der Waals surface area contributed by atoms with Crippen molar-refractivity contribution in [3.63, 3.8) is 0 Å². The van der Waals surface area contributed by atoms with Crippen molar-refractivity contribution < 1.29 is 24.2 Å². The van der Waals surface area contributed by atoms with Gasteiger partial charge in [-0.2, -0.15) is 0 Å². The Bertz CT molecular complexity index is 1210. The van der Waals surface area contributed by atoms with Crippen molar-refractivity contribution in [3.05, 3.63) is 98.9 Å². The Balaban J connectivity index is 1.80. The maximum atomic E-state index is 13.3. The molecule has 2 heterocycles. The van der Waals surface area contributed by atoms with Gasteiger partial charge in [0.25, 0.3) is 5.91 Å². The molecule has 6 nitrogen and oxygen atoms in total. The number of carbonyl (C=O) groups excluding carboxylic acids is 3. The van der Waals surface area contributed by atoms with Crippen LogP contribution in [0.1, 0.15) is 32.4 Å². The highest BCUT2D eigenvalue weighted by atomic mass is 32.1. The number of ketones is 1. The van der Waals surface area contributed by atoms with Crippen LogP contribution in [0.5, 0.6) is 0 Å². The number of rotatable bonds is 6. The molecule has 1 aliphatic rings. The van der Waals surface area contributed by atoms with Crippen LogP contribution in [0.15, 0.2) is 77.4 Å². The number of hydrogen-bond acceptors (Lipinski definition) is 6. The van der Waals surface area contributed by atoms with E-state index in [0.29, 0.717) is 10.6 Å². The fraction of sp³-hybridized carbons (Fsp3) is 0.160. The van der Waals surface area contributed by atoms with Gasteiger partial charge in [0, 0.05) is 5.69 Å². The molecule has 0 spiro atoms. The summed E-state index contributed by atoms with van der Waals surface area (Å²) in [5.41, 5.74) is 2.95. The molecule has 3 aromatic rings. The number of methoxy groups -OCH3 is 1. The number of ether oxygens (including phenoxy) is 1. The van der Waals surface area contributed by atoms with Crippen molar-refractivity contribution in [2.45, 2.75) is 19.4 Å². The van der Waals surface area contributed by atoms with E-state index >= 15 is 0 Å². The Kier molecular flexibility index (Phi) is 5.92. The molecular formula is C25H21NO5S. The first-order chi connectivity index (χ1) is 15.4. The molecule has 32 heavy (non-hydrogen) atoms. The molecule has 1 atom stereocenters. The van der Waals surface area contributed by atoms with E-state index in [1.165, 1.54) is 23.3 Å². The molecule has 0 radical (unpaired) electrons. The lowest BCUT2D eigenvalue weighted by Crippen LogP contribution is -2.31. The Hall–Kier alpha value is -3.71. The van der Waals surface area contributed by atoms with Gasteiger partial charge in [0.15, 0.2) is 5.76 Å². The topological polar surface area (TPSA) is 83.9 Å². The summed E-state index contributed by atoms with van der Waals surface area (Å²) in [7, 11) is 1.33. The Morgan fingerprint density at radius 3 is 2.41 bits per heavy atom. The zero-order valence-corrected chi connectivity index (χ0v) is 18.4. The number of aryl methyl sites for hydroxylation is 1. The van der Waals surface area contributed by atoms with Gasteiger partial charge in [-0.25, -0.2) is 0 Å². The summed E-state index contributed by atoms with van der Waals surface area (Å²) in [4.78, 5) is 39.9. The molecule has 4 rings (SSSR count). The van der Waals surface area contributed by atoms with Crippen LogP contribution < -0.4 is 4.90 Å². The molecule has 0 saturated carbocycles. The van der Waals surface area contributed by atoms with Gasteiger partial charge in [0.2, 0.25) is 5.78 Å². The SMILES string of the molecule is COC(=O)Cc1ccc(N2C(=O)C(O)=C(C(=O)c3cccs3)C2c2ccccc2C)cc1. The van der Waals surface area contributed by atoms with E-state index in [1.54, 1.807) is 41.8 Å². The molecule has 1 N–H and O–H groups in total. The van der Waals surface area contributed by atoms with Gasteiger partial charge in [-0.3, -0.25) is 19.3 Å². The van der Waals surface area contributed by atoms with Gasteiger partial charge < -0.3 is 9.84 Å². The lowest BCUT2D eigenvalue weighted by molar-refractivity contribution is -0.139. The van der Waals surface area contributed by atoms with Crippen molar-refractivity contribution in [1.29, 1.82) is 0 Å². The van der Waals surface area contributed by atoms with Crippen molar-refractivity contribution in [2.24, 2.45) is 0 Å². The number of nitrogens with zero attached hydrogens (tertiary/aromatic N) is 1. The maximum absolute atomic E-state index is 13.3. The van der Waals surface area contributed by atoms with Gasteiger partial charge in [-0.15, -0.1) is 11.3 Å². The summed E-state index contributed by atoms with van der Waals surface area (Å²) < 4.78 is 4.70. The second-order valence-corrected chi connectivity index (χ2v) is 8.37. The molecule has 2 aromatic carbocycles. The number of aliphatic hydroxyl groups is 1. The number of aliphatic hydroxyl groups excluding tert-OH is 1. The standard InChI is InChI=1S/C25H21NO5S/c1-15-6-3-4-7-18(15)22-21(23(28)19-8-5-13-32-19)24(29)25(30)26(22)17-11-9-16(10-12-17)14-20(27)31-2/h3-13,22,29H,14H2,1-2H3. The van der Waals surface area contributed by atoms with Crippen LogP contribution in [-0.4, -0.2) is 29.9 Å². The number of Topliss-reactive ketones (excluding diaryl/α,β-unsaturated/α-hetero) is 1. The third-order valence-electron chi connectivity index (χ3n) is 5.47. The zero-order chi connectivity index (χ0) is 22.8. The van der Waals surface area contributed by atoms with Gasteiger partial charge in [-0.1, -0.05) is 42.5 Å². The number of hydrogen-bond donors (Lipinski definition) is 1. The molecular weight excluding hydrogens is 426 g/mol. The minimum atomic E-state index is -0.773. The number of esters is 1. The van der Waals surface area contributed by atoms with Crippen LogP contribution in [0.25, 0.3) is 0 Å². The smallest absolute Gasteiger partial charge is 0.309 e. The predicted molar refractivity (Wildman–Crippen MR) is 122 cm³/mol. The number of benzene rings is 2.